The summed E-state index contributed by atoms with van der Waals surface area (Å²) >= 11 is 1.49. The Balaban J connectivity index is 1.78. The lowest BCUT2D eigenvalue weighted by Gasteiger charge is -2.33. The van der Waals surface area contributed by atoms with E-state index in [0.717, 1.165) is 16.7 Å². The first-order valence-electron chi connectivity index (χ1n) is 12.5. The fourth-order valence-corrected chi connectivity index (χ4v) is 5.56. The standard InChI is InChI=1S/C28H38N4O4S/c1-18(2)30-27(36)31-22(15-20-12-7-6-8-13-20)23(33)26(35)32-17-37-28(4,5)24(32)25(34)29-16-21-14-10-9-11-19(21)3/h6-14,18,22-24,33H,15-17H2,1-5H3,(H,29,34)(H2,30,31,36)/t22-,23-,24-/m0/s1. The van der Waals surface area contributed by atoms with Gasteiger partial charge in [0.1, 0.15) is 6.04 Å². The lowest BCUT2D eigenvalue weighted by Crippen LogP contribution is -2.59. The van der Waals surface area contributed by atoms with E-state index in [2.05, 4.69) is 16.0 Å². The van der Waals surface area contributed by atoms with Crippen molar-refractivity contribution in [3.05, 3.63) is 71.3 Å². The van der Waals surface area contributed by atoms with Crippen LogP contribution >= 0.6 is 11.8 Å². The van der Waals surface area contributed by atoms with Crippen LogP contribution in [-0.4, -0.2) is 62.7 Å². The number of aliphatic hydroxyl groups is 1. The number of hydrogen-bond acceptors (Lipinski definition) is 5. The molecule has 1 aliphatic rings. The molecule has 2 aromatic rings. The normalized spacial score (nSPS) is 18.2. The second-order valence-electron chi connectivity index (χ2n) is 10.2. The van der Waals surface area contributed by atoms with Gasteiger partial charge in [-0.1, -0.05) is 54.6 Å². The second-order valence-corrected chi connectivity index (χ2v) is 11.8. The van der Waals surface area contributed by atoms with Crippen molar-refractivity contribution in [2.75, 3.05) is 5.88 Å². The second kappa shape index (κ2) is 12.5. The Hall–Kier alpha value is -3.04. The summed E-state index contributed by atoms with van der Waals surface area (Å²) in [7, 11) is 0. The molecule has 0 radical (unpaired) electrons. The van der Waals surface area contributed by atoms with Gasteiger partial charge in [-0.25, -0.2) is 4.79 Å². The van der Waals surface area contributed by atoms with Gasteiger partial charge < -0.3 is 26.0 Å². The van der Waals surface area contributed by atoms with Crippen LogP contribution in [0, 0.1) is 6.92 Å². The van der Waals surface area contributed by atoms with E-state index in [9.17, 15) is 19.5 Å². The van der Waals surface area contributed by atoms with Gasteiger partial charge in [0.2, 0.25) is 5.91 Å². The number of thioether (sulfide) groups is 1. The summed E-state index contributed by atoms with van der Waals surface area (Å²) in [4.78, 5) is 40.9. The Morgan fingerprint density at radius 2 is 1.70 bits per heavy atom. The number of rotatable bonds is 9. The average molecular weight is 527 g/mol. The van der Waals surface area contributed by atoms with E-state index in [1.165, 1.54) is 16.7 Å². The number of aryl methyl sites for hydroxylation is 1. The van der Waals surface area contributed by atoms with E-state index >= 15 is 0 Å². The molecule has 0 saturated carbocycles. The predicted octanol–water partition coefficient (Wildman–Crippen LogP) is 2.97. The molecule has 0 aromatic heterocycles. The van der Waals surface area contributed by atoms with Crippen LogP contribution in [0.3, 0.4) is 0 Å². The fraction of sp³-hybridized carbons (Fsp3) is 0.464. The number of carbonyl (C=O) groups is 3. The topological polar surface area (TPSA) is 111 Å². The summed E-state index contributed by atoms with van der Waals surface area (Å²) in [5.41, 5.74) is 2.94. The van der Waals surface area contributed by atoms with E-state index in [0.29, 0.717) is 6.54 Å². The number of benzene rings is 2. The number of amides is 4. The van der Waals surface area contributed by atoms with Gasteiger partial charge in [0.15, 0.2) is 6.10 Å². The average Bonchev–Trinajstić information content (AvgIpc) is 3.17. The number of nitrogens with one attached hydrogen (secondary N) is 3. The molecule has 0 bridgehead atoms. The molecule has 200 valence electrons. The number of carbonyl (C=O) groups excluding carboxylic acids is 3. The van der Waals surface area contributed by atoms with Crippen molar-refractivity contribution in [3.8, 4) is 0 Å². The molecule has 1 saturated heterocycles. The molecule has 3 atom stereocenters. The largest absolute Gasteiger partial charge is 0.381 e. The molecule has 1 aliphatic heterocycles. The first kappa shape index (κ1) is 28.5. The molecular formula is C28H38N4O4S. The predicted molar refractivity (Wildman–Crippen MR) is 147 cm³/mol. The van der Waals surface area contributed by atoms with E-state index in [-0.39, 0.29) is 24.2 Å². The summed E-state index contributed by atoms with van der Waals surface area (Å²) in [6.45, 7) is 9.84. The highest BCUT2D eigenvalue weighted by atomic mass is 32.2. The summed E-state index contributed by atoms with van der Waals surface area (Å²) in [6, 6.07) is 14.9. The smallest absolute Gasteiger partial charge is 0.315 e. The molecule has 4 N–H and O–H groups in total. The van der Waals surface area contributed by atoms with Gasteiger partial charge in [-0.3, -0.25) is 9.59 Å². The summed E-state index contributed by atoms with van der Waals surface area (Å²) in [5, 5.41) is 19.7. The van der Waals surface area contributed by atoms with Gasteiger partial charge in [0, 0.05) is 17.3 Å². The molecule has 0 unspecified atom stereocenters. The Kier molecular flexibility index (Phi) is 9.62. The van der Waals surface area contributed by atoms with Crippen molar-refractivity contribution >= 4 is 29.6 Å². The third-order valence-electron chi connectivity index (χ3n) is 6.46. The molecule has 2 aromatic carbocycles. The van der Waals surface area contributed by atoms with Gasteiger partial charge in [-0.05, 0) is 57.7 Å². The van der Waals surface area contributed by atoms with E-state index in [1.54, 1.807) is 0 Å². The summed E-state index contributed by atoms with van der Waals surface area (Å²) in [5.74, 6) is -0.592. The lowest BCUT2D eigenvalue weighted by molar-refractivity contribution is -0.147. The van der Waals surface area contributed by atoms with Crippen LogP contribution in [-0.2, 0) is 22.6 Å². The van der Waals surface area contributed by atoms with Crippen molar-refractivity contribution in [1.82, 2.24) is 20.9 Å². The van der Waals surface area contributed by atoms with Crippen molar-refractivity contribution in [2.24, 2.45) is 0 Å². The van der Waals surface area contributed by atoms with Crippen LogP contribution in [0.2, 0.25) is 0 Å². The van der Waals surface area contributed by atoms with Crippen molar-refractivity contribution in [1.29, 1.82) is 0 Å². The fourth-order valence-electron chi connectivity index (χ4n) is 4.42. The minimum Gasteiger partial charge on any atom is -0.381 e. The van der Waals surface area contributed by atoms with Gasteiger partial charge in [-0.2, -0.15) is 0 Å². The van der Waals surface area contributed by atoms with E-state index in [1.807, 2.05) is 89.2 Å². The minimum atomic E-state index is -1.53. The number of aliphatic hydroxyl groups excluding tert-OH is 1. The Morgan fingerprint density at radius 1 is 1.05 bits per heavy atom. The summed E-state index contributed by atoms with van der Waals surface area (Å²) in [6.07, 6.45) is -1.27. The molecule has 3 rings (SSSR count). The minimum absolute atomic E-state index is 0.109. The third kappa shape index (κ3) is 7.49. The van der Waals surface area contributed by atoms with E-state index in [4.69, 9.17) is 0 Å². The highest BCUT2D eigenvalue weighted by molar-refractivity contribution is 8.00. The van der Waals surface area contributed by atoms with Crippen LogP contribution < -0.4 is 16.0 Å². The van der Waals surface area contributed by atoms with Gasteiger partial charge in [0.25, 0.3) is 5.91 Å². The van der Waals surface area contributed by atoms with Crippen molar-refractivity contribution in [2.45, 2.75) is 76.6 Å². The van der Waals surface area contributed by atoms with Crippen molar-refractivity contribution in [3.63, 3.8) is 0 Å². The van der Waals surface area contributed by atoms with Crippen LogP contribution in [0.4, 0.5) is 4.79 Å². The first-order chi connectivity index (χ1) is 17.5. The highest BCUT2D eigenvalue weighted by Crippen LogP contribution is 2.40. The Labute approximate surface area is 223 Å². The number of nitrogens with zero attached hydrogens (tertiary/aromatic N) is 1. The molecule has 8 nitrogen and oxygen atoms in total. The maximum Gasteiger partial charge on any atom is 0.315 e. The van der Waals surface area contributed by atoms with E-state index < -0.39 is 34.9 Å². The molecule has 4 amide bonds. The SMILES string of the molecule is Cc1ccccc1CNC(=O)[C@@H]1N(C(=O)[C@@H](O)[C@H](Cc2ccccc2)NC(=O)NC(C)C)CSC1(C)C. The van der Waals surface area contributed by atoms with Crippen LogP contribution in [0.15, 0.2) is 54.6 Å². The maximum atomic E-state index is 13.6. The van der Waals surface area contributed by atoms with Crippen LogP contribution in [0.5, 0.6) is 0 Å². The zero-order chi connectivity index (χ0) is 27.2. The van der Waals surface area contributed by atoms with Crippen LogP contribution in [0.1, 0.15) is 44.4 Å². The number of urea groups is 1. The van der Waals surface area contributed by atoms with Gasteiger partial charge in [0.05, 0.1) is 11.9 Å². The first-order valence-corrected chi connectivity index (χ1v) is 13.5. The molecular weight excluding hydrogens is 488 g/mol. The quantitative estimate of drug-likeness (QED) is 0.402. The maximum absolute atomic E-state index is 13.6. The molecule has 1 fully saturated rings. The third-order valence-corrected chi connectivity index (χ3v) is 7.83. The molecule has 37 heavy (non-hydrogen) atoms. The molecule has 0 spiro atoms. The lowest BCUT2D eigenvalue weighted by atomic mass is 9.97. The zero-order valence-corrected chi connectivity index (χ0v) is 23.0. The molecule has 9 heteroatoms. The molecule has 0 aliphatic carbocycles. The summed E-state index contributed by atoms with van der Waals surface area (Å²) < 4.78 is -0.553. The highest BCUT2D eigenvalue weighted by Gasteiger charge is 2.49. The van der Waals surface area contributed by atoms with Gasteiger partial charge in [-0.15, -0.1) is 11.8 Å². The van der Waals surface area contributed by atoms with Gasteiger partial charge >= 0.3 is 6.03 Å². The monoisotopic (exact) mass is 526 g/mol. The zero-order valence-electron chi connectivity index (χ0n) is 22.2. The number of hydrogen-bond donors (Lipinski definition) is 4. The van der Waals surface area contributed by atoms with Crippen LogP contribution in [0.25, 0.3) is 0 Å². The Morgan fingerprint density at radius 3 is 2.35 bits per heavy atom. The molecule has 1 heterocycles. The van der Waals surface area contributed by atoms with Crippen molar-refractivity contribution < 1.29 is 19.5 Å². The Bertz CT molecular complexity index is 1090.